The first-order valence-corrected chi connectivity index (χ1v) is 8.99. The van der Waals surface area contributed by atoms with Crippen LogP contribution in [0.1, 0.15) is 91.9 Å². The number of unbranched alkanes of at least 4 members (excludes halogenated alkanes) is 6. The highest BCUT2D eigenvalue weighted by molar-refractivity contribution is 4.91. The van der Waals surface area contributed by atoms with E-state index in [-0.39, 0.29) is 5.60 Å². The summed E-state index contributed by atoms with van der Waals surface area (Å²) in [6.45, 7) is 10.0. The van der Waals surface area contributed by atoms with E-state index in [2.05, 4.69) is 33.0 Å². The molecule has 2 heteroatoms. The van der Waals surface area contributed by atoms with E-state index in [4.69, 9.17) is 4.74 Å². The summed E-state index contributed by atoms with van der Waals surface area (Å²) in [7, 11) is 1.88. The molecule has 0 saturated carbocycles. The SMILES string of the molecule is CCCCCCCCCC(NCC)C(CC)(CC)OC. The zero-order valence-electron chi connectivity index (χ0n) is 14.8. The standard InChI is InChI=1S/C18H39NO/c1-6-10-11-12-13-14-15-16-17(19-9-4)18(7-2,8-3)20-5/h17,19H,6-16H2,1-5H3. The van der Waals surface area contributed by atoms with E-state index in [9.17, 15) is 0 Å². The molecule has 0 heterocycles. The Bertz CT molecular complexity index is 193. The molecule has 0 fully saturated rings. The minimum atomic E-state index is 0.0260. The van der Waals surface area contributed by atoms with Crippen LogP contribution in [-0.2, 0) is 4.74 Å². The molecule has 0 aliphatic carbocycles. The highest BCUT2D eigenvalue weighted by atomic mass is 16.5. The number of nitrogens with one attached hydrogen (secondary N) is 1. The number of ether oxygens (including phenoxy) is 1. The Morgan fingerprint density at radius 2 is 1.40 bits per heavy atom. The molecule has 0 aliphatic heterocycles. The smallest absolute Gasteiger partial charge is 0.0825 e. The van der Waals surface area contributed by atoms with Gasteiger partial charge >= 0.3 is 0 Å². The molecule has 0 saturated heterocycles. The summed E-state index contributed by atoms with van der Waals surface area (Å²) < 4.78 is 5.90. The molecule has 20 heavy (non-hydrogen) atoms. The minimum absolute atomic E-state index is 0.0260. The molecule has 0 rings (SSSR count). The van der Waals surface area contributed by atoms with Crippen LogP contribution in [0.25, 0.3) is 0 Å². The van der Waals surface area contributed by atoms with E-state index < -0.39 is 0 Å². The lowest BCUT2D eigenvalue weighted by Gasteiger charge is -2.39. The van der Waals surface area contributed by atoms with Crippen molar-refractivity contribution in [3.63, 3.8) is 0 Å². The van der Waals surface area contributed by atoms with E-state index in [1.807, 2.05) is 7.11 Å². The highest BCUT2D eigenvalue weighted by Gasteiger charge is 2.34. The normalized spacial score (nSPS) is 13.7. The van der Waals surface area contributed by atoms with E-state index in [0.717, 1.165) is 19.4 Å². The lowest BCUT2D eigenvalue weighted by molar-refractivity contribution is -0.0495. The van der Waals surface area contributed by atoms with Crippen LogP contribution in [0.2, 0.25) is 0 Å². The van der Waals surface area contributed by atoms with Gasteiger partial charge in [0.1, 0.15) is 0 Å². The molecule has 0 spiro atoms. The van der Waals surface area contributed by atoms with Crippen LogP contribution in [0.4, 0.5) is 0 Å². The molecule has 122 valence electrons. The van der Waals surface area contributed by atoms with Crippen molar-refractivity contribution in [1.82, 2.24) is 5.32 Å². The molecule has 0 bridgehead atoms. The Hall–Kier alpha value is -0.0800. The maximum atomic E-state index is 5.90. The molecule has 0 aromatic carbocycles. The van der Waals surface area contributed by atoms with Gasteiger partial charge in [-0.2, -0.15) is 0 Å². The first-order valence-electron chi connectivity index (χ1n) is 8.99. The third-order valence-electron chi connectivity index (χ3n) is 4.79. The summed E-state index contributed by atoms with van der Waals surface area (Å²) >= 11 is 0. The Morgan fingerprint density at radius 1 is 0.850 bits per heavy atom. The van der Waals surface area contributed by atoms with Gasteiger partial charge < -0.3 is 10.1 Å². The fourth-order valence-electron chi connectivity index (χ4n) is 3.28. The van der Waals surface area contributed by atoms with Crippen molar-refractivity contribution in [1.29, 1.82) is 0 Å². The molecule has 1 N–H and O–H groups in total. The molecule has 2 nitrogen and oxygen atoms in total. The van der Waals surface area contributed by atoms with Crippen molar-refractivity contribution >= 4 is 0 Å². The van der Waals surface area contributed by atoms with Crippen molar-refractivity contribution < 1.29 is 4.74 Å². The van der Waals surface area contributed by atoms with Crippen LogP contribution in [0.5, 0.6) is 0 Å². The van der Waals surface area contributed by atoms with Gasteiger partial charge in [-0.25, -0.2) is 0 Å². The summed E-state index contributed by atoms with van der Waals surface area (Å²) in [6, 6.07) is 0.503. The molecule has 0 amide bonds. The Kier molecular flexibility index (Phi) is 12.6. The summed E-state index contributed by atoms with van der Waals surface area (Å²) in [4.78, 5) is 0. The quantitative estimate of drug-likeness (QED) is 0.437. The largest absolute Gasteiger partial charge is 0.377 e. The molecular formula is C18H39NO. The summed E-state index contributed by atoms with van der Waals surface area (Å²) in [6.07, 6.45) is 13.1. The van der Waals surface area contributed by atoms with Gasteiger partial charge in [0.15, 0.2) is 0 Å². The lowest BCUT2D eigenvalue weighted by atomic mass is 9.85. The summed E-state index contributed by atoms with van der Waals surface area (Å²) in [5, 5.41) is 3.66. The first kappa shape index (κ1) is 19.9. The monoisotopic (exact) mass is 285 g/mol. The van der Waals surface area contributed by atoms with Crippen LogP contribution < -0.4 is 5.32 Å². The molecule has 0 aromatic rings. The third-order valence-corrected chi connectivity index (χ3v) is 4.79. The van der Waals surface area contributed by atoms with Crippen molar-refractivity contribution in [3.8, 4) is 0 Å². The molecule has 1 unspecified atom stereocenters. The summed E-state index contributed by atoms with van der Waals surface area (Å²) in [5.74, 6) is 0. The molecule has 0 aromatic heterocycles. The van der Waals surface area contributed by atoms with Gasteiger partial charge in [0.05, 0.1) is 5.60 Å². The van der Waals surface area contributed by atoms with E-state index in [1.165, 1.54) is 51.4 Å². The number of rotatable bonds is 14. The van der Waals surface area contributed by atoms with Crippen LogP contribution in [-0.4, -0.2) is 25.3 Å². The van der Waals surface area contributed by atoms with Gasteiger partial charge in [-0.1, -0.05) is 72.6 Å². The Morgan fingerprint density at radius 3 is 1.85 bits per heavy atom. The predicted molar refractivity (Wildman–Crippen MR) is 90.4 cm³/mol. The highest BCUT2D eigenvalue weighted by Crippen LogP contribution is 2.27. The summed E-state index contributed by atoms with van der Waals surface area (Å²) in [5.41, 5.74) is 0.0260. The Labute approximate surface area is 128 Å². The zero-order valence-corrected chi connectivity index (χ0v) is 14.8. The lowest BCUT2D eigenvalue weighted by Crippen LogP contribution is -2.51. The van der Waals surface area contributed by atoms with Crippen molar-refractivity contribution in [2.45, 2.75) is 104 Å². The molecule has 1 atom stereocenters. The average molecular weight is 286 g/mol. The average Bonchev–Trinajstić information content (AvgIpc) is 2.48. The van der Waals surface area contributed by atoms with Gasteiger partial charge in [0.2, 0.25) is 0 Å². The number of likely N-dealkylation sites (N-methyl/N-ethyl adjacent to an activating group) is 1. The number of hydrogen-bond donors (Lipinski definition) is 1. The second-order valence-electron chi connectivity index (χ2n) is 6.00. The fraction of sp³-hybridized carbons (Fsp3) is 1.00. The van der Waals surface area contributed by atoms with Gasteiger partial charge in [-0.3, -0.25) is 0 Å². The Balaban J connectivity index is 4.07. The molecular weight excluding hydrogens is 246 g/mol. The van der Waals surface area contributed by atoms with Crippen molar-refractivity contribution in [2.75, 3.05) is 13.7 Å². The maximum absolute atomic E-state index is 5.90. The second-order valence-corrected chi connectivity index (χ2v) is 6.00. The van der Waals surface area contributed by atoms with Crippen molar-refractivity contribution in [2.24, 2.45) is 0 Å². The van der Waals surface area contributed by atoms with Crippen LogP contribution in [0.15, 0.2) is 0 Å². The van der Waals surface area contributed by atoms with Crippen LogP contribution in [0.3, 0.4) is 0 Å². The van der Waals surface area contributed by atoms with E-state index >= 15 is 0 Å². The fourth-order valence-corrected chi connectivity index (χ4v) is 3.28. The van der Waals surface area contributed by atoms with E-state index in [1.54, 1.807) is 0 Å². The number of hydrogen-bond acceptors (Lipinski definition) is 2. The molecule has 0 radical (unpaired) electrons. The molecule has 0 aliphatic rings. The van der Waals surface area contributed by atoms with Crippen LogP contribution >= 0.6 is 0 Å². The van der Waals surface area contributed by atoms with E-state index in [0.29, 0.717) is 6.04 Å². The van der Waals surface area contributed by atoms with Gasteiger partial charge in [-0.05, 0) is 25.8 Å². The van der Waals surface area contributed by atoms with Crippen molar-refractivity contribution in [3.05, 3.63) is 0 Å². The van der Waals surface area contributed by atoms with Gasteiger partial charge in [0.25, 0.3) is 0 Å². The maximum Gasteiger partial charge on any atom is 0.0825 e. The zero-order chi connectivity index (χ0) is 15.3. The second kappa shape index (κ2) is 12.6. The van der Waals surface area contributed by atoms with Gasteiger partial charge in [0, 0.05) is 13.2 Å². The topological polar surface area (TPSA) is 21.3 Å². The van der Waals surface area contributed by atoms with Gasteiger partial charge in [-0.15, -0.1) is 0 Å². The van der Waals surface area contributed by atoms with Crippen LogP contribution in [0, 0.1) is 0 Å². The predicted octanol–water partition coefficient (Wildman–Crippen LogP) is 5.31. The third kappa shape index (κ3) is 7.08. The number of methoxy groups -OCH3 is 1. The first-order chi connectivity index (χ1) is 9.70. The minimum Gasteiger partial charge on any atom is -0.377 e.